The number of fused-ring (bicyclic) bond motifs is 1. The van der Waals surface area contributed by atoms with E-state index in [-0.39, 0.29) is 5.41 Å². The maximum absolute atomic E-state index is 12.2. The first-order chi connectivity index (χ1) is 9.30. The van der Waals surface area contributed by atoms with Crippen molar-refractivity contribution < 1.29 is 4.79 Å². The molecule has 3 heteroatoms. The van der Waals surface area contributed by atoms with Crippen LogP contribution in [-0.2, 0) is 13.0 Å². The fourth-order valence-electron chi connectivity index (χ4n) is 2.96. The van der Waals surface area contributed by atoms with Crippen molar-refractivity contribution >= 4 is 5.78 Å². The second-order valence-corrected chi connectivity index (χ2v) is 7.24. The number of Topliss-reactive ketones (excluding diaryl/α,β-unsaturated/α-hetero) is 1. The van der Waals surface area contributed by atoms with Gasteiger partial charge in [0.2, 0.25) is 0 Å². The zero-order valence-corrected chi connectivity index (χ0v) is 13.6. The summed E-state index contributed by atoms with van der Waals surface area (Å²) < 4.78 is 2.29. The molecule has 0 atom stereocenters. The van der Waals surface area contributed by atoms with Crippen molar-refractivity contribution in [1.29, 1.82) is 0 Å². The molecular formula is C17H28N2O. The lowest BCUT2D eigenvalue weighted by Gasteiger charge is -2.30. The van der Waals surface area contributed by atoms with E-state index in [0.717, 1.165) is 31.5 Å². The minimum absolute atomic E-state index is 0.106. The van der Waals surface area contributed by atoms with Crippen LogP contribution in [0.25, 0.3) is 0 Å². The second-order valence-electron chi connectivity index (χ2n) is 7.24. The first-order valence-electron chi connectivity index (χ1n) is 7.71. The SMILES string of the molecule is CC(C)N(C)CCCn1ccc2c1CC(C)(C)CC2=O. The van der Waals surface area contributed by atoms with Crippen molar-refractivity contribution in [2.75, 3.05) is 13.6 Å². The summed E-state index contributed by atoms with van der Waals surface area (Å²) in [5, 5.41) is 0. The summed E-state index contributed by atoms with van der Waals surface area (Å²) in [4.78, 5) is 14.5. The Balaban J connectivity index is 2.03. The summed E-state index contributed by atoms with van der Waals surface area (Å²) in [6.45, 7) is 10.9. The number of carbonyl (C=O) groups excluding carboxylic acids is 1. The fourth-order valence-corrected chi connectivity index (χ4v) is 2.96. The van der Waals surface area contributed by atoms with Gasteiger partial charge in [-0.15, -0.1) is 0 Å². The smallest absolute Gasteiger partial charge is 0.165 e. The van der Waals surface area contributed by atoms with Crippen LogP contribution in [0.5, 0.6) is 0 Å². The van der Waals surface area contributed by atoms with Gasteiger partial charge in [0.15, 0.2) is 5.78 Å². The van der Waals surface area contributed by atoms with Crippen molar-refractivity contribution in [2.24, 2.45) is 5.41 Å². The maximum Gasteiger partial charge on any atom is 0.165 e. The largest absolute Gasteiger partial charge is 0.351 e. The molecule has 0 amide bonds. The number of carbonyl (C=O) groups is 1. The van der Waals surface area contributed by atoms with Crippen LogP contribution in [0.1, 0.15) is 56.6 Å². The highest BCUT2D eigenvalue weighted by Crippen LogP contribution is 2.35. The summed E-state index contributed by atoms with van der Waals surface area (Å²) >= 11 is 0. The minimum Gasteiger partial charge on any atom is -0.351 e. The third-order valence-electron chi connectivity index (χ3n) is 4.46. The maximum atomic E-state index is 12.2. The quantitative estimate of drug-likeness (QED) is 0.824. The fraction of sp³-hybridized carbons (Fsp3) is 0.706. The molecule has 0 unspecified atom stereocenters. The molecule has 1 aliphatic carbocycles. The highest BCUT2D eigenvalue weighted by Gasteiger charge is 2.32. The number of aromatic nitrogens is 1. The predicted octanol–water partition coefficient (Wildman–Crippen LogP) is 3.37. The lowest BCUT2D eigenvalue weighted by Crippen LogP contribution is -2.29. The van der Waals surface area contributed by atoms with E-state index in [1.165, 1.54) is 5.69 Å². The molecule has 1 heterocycles. The Morgan fingerprint density at radius 1 is 1.35 bits per heavy atom. The van der Waals surface area contributed by atoms with Crippen LogP contribution in [0.15, 0.2) is 12.3 Å². The number of nitrogens with zero attached hydrogens (tertiary/aromatic N) is 2. The van der Waals surface area contributed by atoms with Crippen molar-refractivity contribution in [2.45, 2.75) is 59.5 Å². The molecule has 0 radical (unpaired) electrons. The Labute approximate surface area is 123 Å². The topological polar surface area (TPSA) is 25.2 Å². The molecule has 0 saturated heterocycles. The van der Waals surface area contributed by atoms with Gasteiger partial charge < -0.3 is 9.47 Å². The Hall–Kier alpha value is -1.09. The average molecular weight is 276 g/mol. The van der Waals surface area contributed by atoms with Crippen molar-refractivity contribution in [3.05, 3.63) is 23.5 Å². The van der Waals surface area contributed by atoms with E-state index in [0.29, 0.717) is 18.2 Å². The van der Waals surface area contributed by atoms with Gasteiger partial charge in [-0.2, -0.15) is 0 Å². The number of hydrogen-bond donors (Lipinski definition) is 0. The Morgan fingerprint density at radius 3 is 2.70 bits per heavy atom. The van der Waals surface area contributed by atoms with Gasteiger partial charge in [-0.3, -0.25) is 4.79 Å². The van der Waals surface area contributed by atoms with E-state index in [1.807, 2.05) is 6.07 Å². The molecule has 3 nitrogen and oxygen atoms in total. The van der Waals surface area contributed by atoms with Gasteiger partial charge in [-0.25, -0.2) is 0 Å². The molecule has 0 saturated carbocycles. The van der Waals surface area contributed by atoms with Gasteiger partial charge >= 0.3 is 0 Å². The molecule has 1 aromatic rings. The third kappa shape index (κ3) is 3.32. The van der Waals surface area contributed by atoms with Gasteiger partial charge in [0.05, 0.1) is 0 Å². The Bertz CT molecular complexity index is 485. The van der Waals surface area contributed by atoms with E-state index in [1.54, 1.807) is 0 Å². The van der Waals surface area contributed by atoms with Crippen molar-refractivity contribution in [1.82, 2.24) is 9.47 Å². The first-order valence-corrected chi connectivity index (χ1v) is 7.71. The summed E-state index contributed by atoms with van der Waals surface area (Å²) in [6, 6.07) is 2.60. The normalized spacial score (nSPS) is 17.9. The highest BCUT2D eigenvalue weighted by atomic mass is 16.1. The zero-order chi connectivity index (χ0) is 14.9. The van der Waals surface area contributed by atoms with E-state index in [4.69, 9.17) is 0 Å². The van der Waals surface area contributed by atoms with Crippen molar-refractivity contribution in [3.8, 4) is 0 Å². The van der Waals surface area contributed by atoms with Gasteiger partial charge in [0.25, 0.3) is 0 Å². The van der Waals surface area contributed by atoms with Crippen LogP contribution in [0.3, 0.4) is 0 Å². The molecule has 0 fully saturated rings. The van der Waals surface area contributed by atoms with Crippen LogP contribution in [0, 0.1) is 5.41 Å². The van der Waals surface area contributed by atoms with Gasteiger partial charge in [-0.05, 0) is 51.8 Å². The molecule has 1 aromatic heterocycles. The Kier molecular flexibility index (Phi) is 4.38. The molecule has 112 valence electrons. The molecule has 0 spiro atoms. The zero-order valence-electron chi connectivity index (χ0n) is 13.6. The first kappa shape index (κ1) is 15.3. The number of ketones is 1. The van der Waals surface area contributed by atoms with E-state index in [2.05, 4.69) is 50.4 Å². The van der Waals surface area contributed by atoms with Gasteiger partial charge in [0.1, 0.15) is 0 Å². The summed E-state index contributed by atoms with van der Waals surface area (Å²) in [7, 11) is 2.17. The van der Waals surface area contributed by atoms with Crippen LogP contribution in [0.2, 0.25) is 0 Å². The van der Waals surface area contributed by atoms with Crippen LogP contribution < -0.4 is 0 Å². The van der Waals surface area contributed by atoms with Crippen LogP contribution in [-0.4, -0.2) is 34.9 Å². The van der Waals surface area contributed by atoms with Crippen LogP contribution in [0.4, 0.5) is 0 Å². The summed E-state index contributed by atoms with van der Waals surface area (Å²) in [6.07, 6.45) is 4.92. The number of rotatable bonds is 5. The lowest BCUT2D eigenvalue weighted by molar-refractivity contribution is 0.0910. The van der Waals surface area contributed by atoms with E-state index in [9.17, 15) is 4.79 Å². The van der Waals surface area contributed by atoms with E-state index >= 15 is 0 Å². The monoisotopic (exact) mass is 276 g/mol. The molecular weight excluding hydrogens is 248 g/mol. The molecule has 0 N–H and O–H groups in total. The predicted molar refractivity (Wildman–Crippen MR) is 83.2 cm³/mol. The van der Waals surface area contributed by atoms with Crippen molar-refractivity contribution in [3.63, 3.8) is 0 Å². The van der Waals surface area contributed by atoms with E-state index < -0.39 is 0 Å². The molecule has 0 aromatic carbocycles. The van der Waals surface area contributed by atoms with Crippen LogP contribution >= 0.6 is 0 Å². The average Bonchev–Trinajstić information content (AvgIpc) is 2.70. The second kappa shape index (κ2) is 5.72. The van der Waals surface area contributed by atoms with Gasteiger partial charge in [-0.1, -0.05) is 13.8 Å². The lowest BCUT2D eigenvalue weighted by atomic mass is 9.76. The molecule has 1 aliphatic rings. The molecule has 20 heavy (non-hydrogen) atoms. The van der Waals surface area contributed by atoms with Gasteiger partial charge in [0, 0.05) is 36.5 Å². The third-order valence-corrected chi connectivity index (χ3v) is 4.46. The number of aryl methyl sites for hydroxylation is 1. The Morgan fingerprint density at radius 2 is 2.05 bits per heavy atom. The molecule has 0 bridgehead atoms. The summed E-state index contributed by atoms with van der Waals surface area (Å²) in [5.74, 6) is 0.314. The minimum atomic E-state index is 0.106. The summed E-state index contributed by atoms with van der Waals surface area (Å²) in [5.41, 5.74) is 2.31. The standard InChI is InChI=1S/C17H28N2O/c1-13(2)18(5)8-6-9-19-10-7-14-15(19)11-17(3,4)12-16(14)20/h7,10,13H,6,8-9,11-12H2,1-5H3. The molecule has 0 aliphatic heterocycles. The highest BCUT2D eigenvalue weighted by molar-refractivity contribution is 5.98. The molecule has 2 rings (SSSR count). The number of hydrogen-bond acceptors (Lipinski definition) is 2.